The van der Waals surface area contributed by atoms with Crippen molar-refractivity contribution < 1.29 is 9.47 Å². The number of ether oxygens (including phenoxy) is 2. The Balaban J connectivity index is 1.72. The molecule has 0 spiro atoms. The van der Waals surface area contributed by atoms with Crippen LogP contribution in [0.3, 0.4) is 0 Å². The summed E-state index contributed by atoms with van der Waals surface area (Å²) in [4.78, 5) is 0. The standard InChI is InChI=1S/C19H21N3O2/c1-12(2)21-15-5-3-13(4-6-15)19-16-10-18-17(23-11-24-18)9-14(16)7-8-20-22-19/h3-6,9-10,12,20-21H,7-8,11H2,1-2H3. The van der Waals surface area contributed by atoms with Crippen LogP contribution in [0.15, 0.2) is 41.5 Å². The SMILES string of the molecule is CC(C)Nc1ccc(C2=NNCCc3cc4c(cc32)OCO4)cc1. The van der Waals surface area contributed by atoms with Crippen LogP contribution in [-0.4, -0.2) is 25.1 Å². The lowest BCUT2D eigenvalue weighted by Gasteiger charge is -2.13. The molecule has 0 bridgehead atoms. The molecule has 2 N–H and O–H groups in total. The van der Waals surface area contributed by atoms with Crippen LogP contribution in [0.25, 0.3) is 0 Å². The first kappa shape index (κ1) is 14.9. The topological polar surface area (TPSA) is 54.9 Å². The third-order valence-corrected chi connectivity index (χ3v) is 4.16. The number of benzene rings is 2. The predicted octanol–water partition coefficient (Wildman–Crippen LogP) is 3.13. The summed E-state index contributed by atoms with van der Waals surface area (Å²) in [5.74, 6) is 1.62. The van der Waals surface area contributed by atoms with Crippen LogP contribution in [0.1, 0.15) is 30.5 Å². The molecular formula is C19H21N3O2. The number of hydrogen-bond donors (Lipinski definition) is 2. The molecule has 2 heterocycles. The molecule has 0 saturated carbocycles. The van der Waals surface area contributed by atoms with Gasteiger partial charge in [0.2, 0.25) is 6.79 Å². The van der Waals surface area contributed by atoms with Crippen LogP contribution in [0.4, 0.5) is 5.69 Å². The number of nitrogens with one attached hydrogen (secondary N) is 2. The van der Waals surface area contributed by atoms with Crippen LogP contribution in [-0.2, 0) is 6.42 Å². The van der Waals surface area contributed by atoms with Gasteiger partial charge >= 0.3 is 0 Å². The maximum absolute atomic E-state index is 5.54. The van der Waals surface area contributed by atoms with Crippen LogP contribution in [0.5, 0.6) is 11.5 Å². The molecule has 2 aromatic carbocycles. The highest BCUT2D eigenvalue weighted by molar-refractivity contribution is 6.14. The Kier molecular flexibility index (Phi) is 3.76. The number of rotatable bonds is 3. The van der Waals surface area contributed by atoms with E-state index in [0.29, 0.717) is 12.8 Å². The van der Waals surface area contributed by atoms with Crippen molar-refractivity contribution in [3.8, 4) is 11.5 Å². The summed E-state index contributed by atoms with van der Waals surface area (Å²) in [5, 5.41) is 8.01. The summed E-state index contributed by atoms with van der Waals surface area (Å²) in [6.07, 6.45) is 0.909. The van der Waals surface area contributed by atoms with Crippen molar-refractivity contribution in [3.05, 3.63) is 53.1 Å². The number of anilines is 1. The van der Waals surface area contributed by atoms with Crippen LogP contribution in [0.2, 0.25) is 0 Å². The molecule has 0 aliphatic carbocycles. The second-order valence-corrected chi connectivity index (χ2v) is 6.36. The fourth-order valence-corrected chi connectivity index (χ4v) is 3.07. The van der Waals surface area contributed by atoms with E-state index in [4.69, 9.17) is 9.47 Å². The summed E-state index contributed by atoms with van der Waals surface area (Å²) < 4.78 is 11.1. The van der Waals surface area contributed by atoms with Gasteiger partial charge in [0.25, 0.3) is 0 Å². The van der Waals surface area contributed by atoms with E-state index >= 15 is 0 Å². The van der Waals surface area contributed by atoms with Gasteiger partial charge in [-0.1, -0.05) is 12.1 Å². The van der Waals surface area contributed by atoms with Gasteiger partial charge in [0, 0.05) is 29.4 Å². The zero-order valence-electron chi connectivity index (χ0n) is 13.9. The molecule has 2 aromatic rings. The van der Waals surface area contributed by atoms with E-state index in [0.717, 1.165) is 47.0 Å². The normalized spacial score (nSPS) is 15.4. The van der Waals surface area contributed by atoms with Crippen LogP contribution >= 0.6 is 0 Å². The fraction of sp³-hybridized carbons (Fsp3) is 0.316. The molecule has 24 heavy (non-hydrogen) atoms. The average molecular weight is 323 g/mol. The van der Waals surface area contributed by atoms with E-state index in [1.807, 2.05) is 6.07 Å². The number of hydrazone groups is 1. The van der Waals surface area contributed by atoms with Crippen molar-refractivity contribution >= 4 is 11.4 Å². The second-order valence-electron chi connectivity index (χ2n) is 6.36. The molecule has 0 amide bonds. The molecule has 2 aliphatic heterocycles. The van der Waals surface area contributed by atoms with E-state index in [2.05, 4.69) is 60.0 Å². The van der Waals surface area contributed by atoms with Gasteiger partial charge in [-0.05, 0) is 50.1 Å². The molecule has 0 aromatic heterocycles. The minimum atomic E-state index is 0.290. The van der Waals surface area contributed by atoms with Gasteiger partial charge in [0.05, 0.1) is 5.71 Å². The third-order valence-electron chi connectivity index (χ3n) is 4.16. The molecule has 0 unspecified atom stereocenters. The smallest absolute Gasteiger partial charge is 0.231 e. The lowest BCUT2D eigenvalue weighted by molar-refractivity contribution is 0.174. The van der Waals surface area contributed by atoms with Gasteiger partial charge in [-0.3, -0.25) is 0 Å². The Morgan fingerprint density at radius 1 is 1.08 bits per heavy atom. The van der Waals surface area contributed by atoms with Gasteiger partial charge in [0.15, 0.2) is 11.5 Å². The summed E-state index contributed by atoms with van der Waals surface area (Å²) in [6.45, 7) is 5.36. The van der Waals surface area contributed by atoms with E-state index in [-0.39, 0.29) is 0 Å². The maximum atomic E-state index is 5.54. The summed E-state index contributed by atoms with van der Waals surface area (Å²) in [7, 11) is 0. The van der Waals surface area contributed by atoms with E-state index in [9.17, 15) is 0 Å². The summed E-state index contributed by atoms with van der Waals surface area (Å²) in [5.41, 5.74) is 8.63. The largest absolute Gasteiger partial charge is 0.454 e. The molecule has 0 atom stereocenters. The second kappa shape index (κ2) is 6.07. The van der Waals surface area contributed by atoms with Crippen LogP contribution < -0.4 is 20.2 Å². The van der Waals surface area contributed by atoms with E-state index < -0.39 is 0 Å². The fourth-order valence-electron chi connectivity index (χ4n) is 3.07. The zero-order chi connectivity index (χ0) is 16.5. The number of fused-ring (bicyclic) bond motifs is 2. The van der Waals surface area contributed by atoms with Gasteiger partial charge in [-0.25, -0.2) is 0 Å². The zero-order valence-corrected chi connectivity index (χ0v) is 13.9. The first-order valence-corrected chi connectivity index (χ1v) is 8.31. The van der Waals surface area contributed by atoms with Gasteiger partial charge < -0.3 is 20.2 Å². The molecule has 5 nitrogen and oxygen atoms in total. The van der Waals surface area contributed by atoms with E-state index in [1.165, 1.54) is 5.56 Å². The third kappa shape index (κ3) is 2.77. The minimum Gasteiger partial charge on any atom is -0.454 e. The van der Waals surface area contributed by atoms with Crippen molar-refractivity contribution in [3.63, 3.8) is 0 Å². The maximum Gasteiger partial charge on any atom is 0.231 e. The highest BCUT2D eigenvalue weighted by Crippen LogP contribution is 2.36. The minimum absolute atomic E-state index is 0.290. The Morgan fingerprint density at radius 3 is 2.58 bits per heavy atom. The molecule has 0 fully saturated rings. The quantitative estimate of drug-likeness (QED) is 0.911. The molecular weight excluding hydrogens is 302 g/mol. The predicted molar refractivity (Wildman–Crippen MR) is 95.1 cm³/mol. The first-order valence-electron chi connectivity index (χ1n) is 8.31. The Hall–Kier alpha value is -2.69. The Labute approximate surface area is 141 Å². The molecule has 4 rings (SSSR count). The lowest BCUT2D eigenvalue weighted by Crippen LogP contribution is -2.11. The molecule has 124 valence electrons. The average Bonchev–Trinajstić information content (AvgIpc) is 2.92. The van der Waals surface area contributed by atoms with Gasteiger partial charge in [0.1, 0.15) is 0 Å². The number of hydrogen-bond acceptors (Lipinski definition) is 5. The van der Waals surface area contributed by atoms with Gasteiger partial charge in [-0.2, -0.15) is 5.10 Å². The molecule has 0 radical (unpaired) electrons. The monoisotopic (exact) mass is 323 g/mol. The Morgan fingerprint density at radius 2 is 1.83 bits per heavy atom. The summed E-state index contributed by atoms with van der Waals surface area (Å²) >= 11 is 0. The van der Waals surface area contributed by atoms with Crippen molar-refractivity contribution in [2.45, 2.75) is 26.3 Å². The lowest BCUT2D eigenvalue weighted by atomic mass is 9.95. The first-order chi connectivity index (χ1) is 11.7. The van der Waals surface area contributed by atoms with Crippen molar-refractivity contribution in [1.82, 2.24) is 5.43 Å². The van der Waals surface area contributed by atoms with Crippen molar-refractivity contribution in [2.75, 3.05) is 18.7 Å². The van der Waals surface area contributed by atoms with E-state index in [1.54, 1.807) is 0 Å². The summed E-state index contributed by atoms with van der Waals surface area (Å²) in [6, 6.07) is 12.9. The number of nitrogens with zero attached hydrogens (tertiary/aromatic N) is 1. The highest BCUT2D eigenvalue weighted by Gasteiger charge is 2.22. The van der Waals surface area contributed by atoms with Crippen molar-refractivity contribution in [1.29, 1.82) is 0 Å². The molecule has 5 heteroatoms. The Bertz CT molecular complexity index is 782. The van der Waals surface area contributed by atoms with Crippen molar-refractivity contribution in [2.24, 2.45) is 5.10 Å². The highest BCUT2D eigenvalue weighted by atomic mass is 16.7. The van der Waals surface area contributed by atoms with Gasteiger partial charge in [-0.15, -0.1) is 0 Å². The molecule has 0 saturated heterocycles. The van der Waals surface area contributed by atoms with Crippen LogP contribution in [0, 0.1) is 0 Å². The molecule has 2 aliphatic rings.